The zero-order valence-electron chi connectivity index (χ0n) is 18.0. The number of alkyl halides is 3. The molecule has 3 N–H and O–H groups in total. The van der Waals surface area contributed by atoms with Gasteiger partial charge in [0.05, 0.1) is 12.6 Å². The number of nitrogens with zero attached hydrogens (tertiary/aromatic N) is 3. The van der Waals surface area contributed by atoms with E-state index >= 15 is 0 Å². The molecule has 1 amide bonds. The average molecular weight is 517 g/mol. The highest BCUT2D eigenvalue weighted by Gasteiger charge is 2.39. The Bertz CT molecular complexity index is 1230. The van der Waals surface area contributed by atoms with Crippen molar-refractivity contribution in [3.05, 3.63) is 75.4 Å². The molecule has 1 heterocycles. The van der Waals surface area contributed by atoms with Gasteiger partial charge in [0.1, 0.15) is 12.4 Å². The molecule has 188 valence electrons. The van der Waals surface area contributed by atoms with Crippen LogP contribution in [0.15, 0.2) is 53.3 Å². The molecule has 3 aromatic rings. The first kappa shape index (κ1) is 26.4. The highest BCUT2D eigenvalue weighted by molar-refractivity contribution is 6.30. The molecule has 0 saturated carbocycles. The lowest BCUT2D eigenvalue weighted by atomic mass is 10.0. The molecule has 0 aliphatic heterocycles. The summed E-state index contributed by atoms with van der Waals surface area (Å²) in [6, 6.07) is 10.4. The molecule has 2 unspecified atom stereocenters. The Labute approximate surface area is 201 Å². The fourth-order valence-corrected chi connectivity index (χ4v) is 3.49. The van der Waals surface area contributed by atoms with Crippen molar-refractivity contribution in [2.75, 3.05) is 6.61 Å². The van der Waals surface area contributed by atoms with Gasteiger partial charge in [-0.1, -0.05) is 29.8 Å². The summed E-state index contributed by atoms with van der Waals surface area (Å²) in [6.07, 6.45) is -7.87. The molecule has 2 atom stereocenters. The molecule has 35 heavy (non-hydrogen) atoms. The number of rotatable bonds is 9. The van der Waals surface area contributed by atoms with Gasteiger partial charge in [-0.05, 0) is 36.8 Å². The van der Waals surface area contributed by atoms with Crippen LogP contribution in [0.25, 0.3) is 11.4 Å². The predicted molar refractivity (Wildman–Crippen MR) is 118 cm³/mol. The summed E-state index contributed by atoms with van der Waals surface area (Å²) in [4.78, 5) is 25.5. The first-order valence-electron chi connectivity index (χ1n) is 10.3. The third-order valence-electron chi connectivity index (χ3n) is 5.09. The minimum absolute atomic E-state index is 0.0240. The van der Waals surface area contributed by atoms with E-state index in [1.807, 2.05) is 0 Å². The molecule has 13 heteroatoms. The van der Waals surface area contributed by atoms with Crippen LogP contribution in [0.4, 0.5) is 17.6 Å². The Balaban J connectivity index is 1.91. The van der Waals surface area contributed by atoms with Crippen LogP contribution in [0.5, 0.6) is 0 Å². The third kappa shape index (κ3) is 6.47. The lowest BCUT2D eigenvalue weighted by Crippen LogP contribution is -2.39. The van der Waals surface area contributed by atoms with Crippen LogP contribution >= 0.6 is 11.6 Å². The van der Waals surface area contributed by atoms with Gasteiger partial charge in [-0.2, -0.15) is 13.2 Å². The number of carbonyl (C=O) groups is 1. The second-order valence-corrected chi connectivity index (χ2v) is 8.03. The molecule has 2 aromatic carbocycles. The van der Waals surface area contributed by atoms with E-state index in [0.717, 1.165) is 0 Å². The van der Waals surface area contributed by atoms with Crippen LogP contribution in [-0.4, -0.2) is 49.4 Å². The molecule has 0 bridgehead atoms. The first-order valence-corrected chi connectivity index (χ1v) is 10.7. The molecule has 0 saturated heterocycles. The lowest BCUT2D eigenvalue weighted by molar-refractivity contribution is -0.207. The minimum Gasteiger partial charge on any atom is -0.396 e. The molecular weight excluding hydrogens is 496 g/mol. The van der Waals surface area contributed by atoms with Gasteiger partial charge in [0.2, 0.25) is 5.91 Å². The largest absolute Gasteiger partial charge is 0.416 e. The summed E-state index contributed by atoms with van der Waals surface area (Å²) in [5.74, 6) is -1.62. The molecule has 0 fully saturated rings. The van der Waals surface area contributed by atoms with Gasteiger partial charge >= 0.3 is 11.9 Å². The van der Waals surface area contributed by atoms with E-state index in [-0.39, 0.29) is 30.0 Å². The Hall–Kier alpha value is -3.22. The van der Waals surface area contributed by atoms with Crippen LogP contribution in [0, 0.1) is 5.82 Å². The summed E-state index contributed by atoms with van der Waals surface area (Å²) in [6.45, 7) is -2.22. The maximum Gasteiger partial charge on any atom is 0.416 e. The zero-order valence-corrected chi connectivity index (χ0v) is 18.8. The van der Waals surface area contributed by atoms with Gasteiger partial charge in [0, 0.05) is 22.8 Å². The van der Waals surface area contributed by atoms with Crippen LogP contribution in [0.3, 0.4) is 0 Å². The number of aliphatic hydroxyl groups is 2. The molecule has 8 nitrogen and oxygen atoms in total. The van der Waals surface area contributed by atoms with Crippen LogP contribution in [0.1, 0.15) is 18.0 Å². The third-order valence-corrected chi connectivity index (χ3v) is 5.34. The molecular formula is C22H21ClF4N4O4. The van der Waals surface area contributed by atoms with Crippen molar-refractivity contribution in [3.8, 4) is 11.4 Å². The average Bonchev–Trinajstić information content (AvgIpc) is 3.09. The van der Waals surface area contributed by atoms with Crippen molar-refractivity contribution in [1.82, 2.24) is 19.7 Å². The number of aromatic nitrogens is 3. The number of halogens is 5. The van der Waals surface area contributed by atoms with Crippen molar-refractivity contribution in [2.24, 2.45) is 0 Å². The van der Waals surface area contributed by atoms with Crippen molar-refractivity contribution in [3.63, 3.8) is 0 Å². The van der Waals surface area contributed by atoms with Gasteiger partial charge in [-0.25, -0.2) is 13.9 Å². The monoisotopic (exact) mass is 516 g/mol. The second-order valence-electron chi connectivity index (χ2n) is 7.59. The fraction of sp³-hybridized carbons (Fsp3) is 0.318. The van der Waals surface area contributed by atoms with Crippen LogP contribution in [0.2, 0.25) is 5.02 Å². The van der Waals surface area contributed by atoms with E-state index < -0.39 is 48.8 Å². The van der Waals surface area contributed by atoms with E-state index in [2.05, 4.69) is 10.4 Å². The maximum absolute atomic E-state index is 14.2. The number of benzene rings is 2. The molecule has 0 aliphatic carbocycles. The fourth-order valence-electron chi connectivity index (χ4n) is 3.37. The number of carbonyl (C=O) groups excluding carboxylic acids is 1. The van der Waals surface area contributed by atoms with Gasteiger partial charge in [-0.15, -0.1) is 5.10 Å². The number of nitrogens with one attached hydrogen (secondary N) is 1. The van der Waals surface area contributed by atoms with Crippen molar-refractivity contribution in [1.29, 1.82) is 0 Å². The summed E-state index contributed by atoms with van der Waals surface area (Å²) < 4.78 is 54.3. The number of hydrogen-bond acceptors (Lipinski definition) is 5. The Morgan fingerprint density at radius 3 is 2.40 bits per heavy atom. The van der Waals surface area contributed by atoms with Crippen LogP contribution < -0.4 is 11.0 Å². The SMILES string of the molecule is O=C(Cn1nc(-c2ccc(Cl)cc2)n(CC(O)C(F)(F)F)c1=O)NC(CCO)c1ccccc1F. The van der Waals surface area contributed by atoms with Gasteiger partial charge in [0.25, 0.3) is 0 Å². The van der Waals surface area contributed by atoms with Crippen molar-refractivity contribution >= 4 is 17.5 Å². The van der Waals surface area contributed by atoms with Gasteiger partial charge in [-0.3, -0.25) is 9.36 Å². The summed E-state index contributed by atoms with van der Waals surface area (Å²) >= 11 is 5.84. The second kappa shape index (κ2) is 11.0. The highest BCUT2D eigenvalue weighted by atomic mass is 35.5. The minimum atomic E-state index is -4.99. The standard InChI is InChI=1S/C22H21ClF4N4O4/c23-14-7-5-13(6-8-14)20-29-31(21(35)30(20)11-18(33)22(25,26)27)12-19(34)28-17(9-10-32)15-3-1-2-4-16(15)24/h1-8,17-18,32-33H,9-12H2,(H,28,34). The smallest absolute Gasteiger partial charge is 0.396 e. The predicted octanol–water partition coefficient (Wildman–Crippen LogP) is 2.67. The van der Waals surface area contributed by atoms with E-state index in [9.17, 15) is 37.4 Å². The van der Waals surface area contributed by atoms with Gasteiger partial charge in [0.15, 0.2) is 11.9 Å². The Morgan fingerprint density at radius 2 is 1.80 bits per heavy atom. The Kier molecular flexibility index (Phi) is 8.30. The van der Waals surface area contributed by atoms with Crippen molar-refractivity contribution < 1.29 is 32.6 Å². The lowest BCUT2D eigenvalue weighted by Gasteiger charge is -2.18. The molecule has 0 aliphatic rings. The number of aliphatic hydroxyl groups excluding tert-OH is 2. The normalized spacial score (nSPS) is 13.5. The molecule has 0 spiro atoms. The van der Waals surface area contributed by atoms with Crippen LogP contribution in [-0.2, 0) is 17.9 Å². The van der Waals surface area contributed by atoms with Crippen molar-refractivity contribution in [2.45, 2.75) is 37.8 Å². The molecule has 0 radical (unpaired) electrons. The highest BCUT2D eigenvalue weighted by Crippen LogP contribution is 2.24. The number of amides is 1. The van der Waals surface area contributed by atoms with E-state index in [1.54, 1.807) is 6.07 Å². The quantitative estimate of drug-likeness (QED) is 0.379. The first-order chi connectivity index (χ1) is 16.5. The van der Waals surface area contributed by atoms with E-state index in [1.165, 1.54) is 42.5 Å². The zero-order chi connectivity index (χ0) is 25.8. The number of hydrogen-bond donors (Lipinski definition) is 3. The Morgan fingerprint density at radius 1 is 1.14 bits per heavy atom. The van der Waals surface area contributed by atoms with Gasteiger partial charge < -0.3 is 15.5 Å². The summed E-state index contributed by atoms with van der Waals surface area (Å²) in [7, 11) is 0. The summed E-state index contributed by atoms with van der Waals surface area (Å²) in [5, 5.41) is 25.6. The van der Waals surface area contributed by atoms with E-state index in [0.29, 0.717) is 14.3 Å². The maximum atomic E-state index is 14.2. The molecule has 3 rings (SSSR count). The van der Waals surface area contributed by atoms with E-state index in [4.69, 9.17) is 11.6 Å². The summed E-state index contributed by atoms with van der Waals surface area (Å²) in [5.41, 5.74) is -0.731. The molecule has 1 aromatic heterocycles. The topological polar surface area (TPSA) is 109 Å².